The molecular weight excluding hydrogens is 756 g/mol. The monoisotopic (exact) mass is 784 g/mol. The van der Waals surface area contributed by atoms with E-state index in [1.807, 2.05) is 0 Å². The third kappa shape index (κ3) is 10.2. The highest BCUT2D eigenvalue weighted by atomic mass is 19.4. The topological polar surface area (TPSA) is 105 Å². The fourth-order valence-corrected chi connectivity index (χ4v) is 5.28. The molecule has 0 spiro atoms. The number of aryl methyl sites for hydroxylation is 1. The molecule has 19 heteroatoms. The molecule has 54 heavy (non-hydrogen) atoms. The van der Waals surface area contributed by atoms with Gasteiger partial charge >= 0.3 is 36.6 Å². The van der Waals surface area contributed by atoms with Crippen molar-refractivity contribution in [1.29, 1.82) is 5.26 Å². The zero-order valence-corrected chi connectivity index (χ0v) is 28.3. The van der Waals surface area contributed by atoms with Crippen molar-refractivity contribution in [2.24, 2.45) is 0 Å². The van der Waals surface area contributed by atoms with Crippen molar-refractivity contribution < 1.29 is 76.5 Å². The molecule has 1 amide bonds. The first-order valence-corrected chi connectivity index (χ1v) is 15.3. The maximum Gasteiger partial charge on any atom is 0.416 e. The van der Waals surface area contributed by atoms with Crippen LogP contribution in [0.2, 0.25) is 0 Å². The van der Waals surface area contributed by atoms with Crippen LogP contribution < -0.4 is 5.32 Å². The van der Waals surface area contributed by atoms with Gasteiger partial charge in [-0.3, -0.25) is 4.79 Å². The van der Waals surface area contributed by atoms with Crippen molar-refractivity contribution in [3.05, 3.63) is 105 Å². The quantitative estimate of drug-likeness (QED) is 0.204. The third-order valence-corrected chi connectivity index (χ3v) is 7.57. The van der Waals surface area contributed by atoms with Gasteiger partial charge in [0.1, 0.15) is 5.60 Å². The number of carbonyl (C=O) groups excluding carboxylic acids is 3. The lowest BCUT2D eigenvalue weighted by Crippen LogP contribution is -2.62. The van der Waals surface area contributed by atoms with Gasteiger partial charge in [-0.05, 0) is 81.1 Å². The van der Waals surface area contributed by atoms with Crippen LogP contribution in [0.3, 0.4) is 0 Å². The van der Waals surface area contributed by atoms with Crippen LogP contribution in [0.4, 0.5) is 52.7 Å². The number of rotatable bonds is 5. The molecule has 1 N–H and O–H groups in total. The van der Waals surface area contributed by atoms with E-state index in [-0.39, 0.29) is 48.4 Å². The minimum atomic E-state index is -5.39. The molecule has 0 aliphatic heterocycles. The Hall–Kier alpha value is -5.28. The second-order valence-corrected chi connectivity index (χ2v) is 12.7. The summed E-state index contributed by atoms with van der Waals surface area (Å²) in [5.41, 5.74) is -14.1. The molecule has 1 aliphatic rings. The molecule has 0 radical (unpaired) electrons. The van der Waals surface area contributed by atoms with E-state index in [0.717, 1.165) is 0 Å². The summed E-state index contributed by atoms with van der Waals surface area (Å²) < 4.78 is 174. The summed E-state index contributed by atoms with van der Waals surface area (Å²) in [7, 11) is 0. The number of alkyl halides is 12. The zero-order chi connectivity index (χ0) is 41.2. The van der Waals surface area contributed by atoms with E-state index in [9.17, 15) is 67.1 Å². The van der Waals surface area contributed by atoms with Gasteiger partial charge in [0.2, 0.25) is 0 Å². The van der Waals surface area contributed by atoms with E-state index in [2.05, 4.69) is 5.32 Å². The van der Waals surface area contributed by atoms with E-state index < -0.39 is 99.6 Å². The van der Waals surface area contributed by atoms with Gasteiger partial charge in [-0.1, -0.05) is 24.3 Å². The number of nitriles is 1. The van der Waals surface area contributed by atoms with E-state index >= 15 is 0 Å². The molecule has 0 saturated carbocycles. The van der Waals surface area contributed by atoms with Gasteiger partial charge in [0.15, 0.2) is 11.6 Å². The van der Waals surface area contributed by atoms with E-state index in [1.54, 1.807) is 6.07 Å². The second kappa shape index (κ2) is 15.2. The number of fused-ring (bicyclic) bond motifs is 1. The number of nitrogens with zero attached hydrogens (tertiary/aromatic N) is 1. The maximum atomic E-state index is 14.0. The molecule has 0 fully saturated rings. The molecule has 4 rings (SSSR count). The number of carbonyl (C=O) groups is 3. The largest absolute Gasteiger partial charge is 0.458 e. The summed E-state index contributed by atoms with van der Waals surface area (Å²) in [5.74, 6) is -5.04. The van der Waals surface area contributed by atoms with Crippen molar-refractivity contribution in [3.63, 3.8) is 0 Å². The van der Waals surface area contributed by atoms with Gasteiger partial charge in [-0.2, -0.15) is 57.9 Å². The minimum Gasteiger partial charge on any atom is -0.458 e. The first kappa shape index (κ1) is 43.1. The maximum absolute atomic E-state index is 14.0. The van der Waals surface area contributed by atoms with Crippen molar-refractivity contribution in [2.75, 3.05) is 0 Å². The summed E-state index contributed by atoms with van der Waals surface area (Å²) >= 11 is 0. The van der Waals surface area contributed by atoms with Crippen LogP contribution in [0.15, 0.2) is 60.7 Å². The fraction of sp³-hybridized carbons (Fsp3) is 0.371. The van der Waals surface area contributed by atoms with Crippen LogP contribution in [0.5, 0.6) is 0 Å². The van der Waals surface area contributed by atoms with Gasteiger partial charge in [0, 0.05) is 12.5 Å². The second-order valence-electron chi connectivity index (χ2n) is 12.7. The van der Waals surface area contributed by atoms with Gasteiger partial charge in [-0.15, -0.1) is 0 Å². The van der Waals surface area contributed by atoms with E-state index in [0.29, 0.717) is 5.56 Å². The highest BCUT2D eigenvalue weighted by Gasteiger charge is 2.55. The standard InChI is InChI=1S/C33H25F12NO5.C2H3N/c1-28(2,3)51-27(49)29(46-25(47)17-10-19(30(34,35)36)14-20(11-17)31(37,38)39)9-8-16-6-4-5-7-23(16)24(29)50-26(48)18-12-21(32(40,41)42)15-22(13-18)33(43,44)45;1-2-3/h4-7,10-15,24H,8-9H2,1-3H3,(H,46,47);1H3/t24-,29-;/m1./s1. The fourth-order valence-electron chi connectivity index (χ4n) is 5.28. The number of halogens is 12. The molecule has 0 saturated heterocycles. The Kier molecular flexibility index (Phi) is 12.2. The predicted octanol–water partition coefficient (Wildman–Crippen LogP) is 9.65. The third-order valence-electron chi connectivity index (χ3n) is 7.57. The molecule has 292 valence electrons. The van der Waals surface area contributed by atoms with Crippen LogP contribution in [0.1, 0.15) is 94.3 Å². The van der Waals surface area contributed by atoms with E-state index in [1.165, 1.54) is 52.0 Å². The Bertz CT molecular complexity index is 1870. The van der Waals surface area contributed by atoms with Gasteiger partial charge in [0.25, 0.3) is 5.91 Å². The minimum absolute atomic E-state index is 0.0430. The Balaban J connectivity index is 0.00000253. The first-order valence-electron chi connectivity index (χ1n) is 15.3. The molecule has 1 aliphatic carbocycles. The first-order chi connectivity index (χ1) is 24.5. The number of nitrogens with one attached hydrogen (secondary N) is 1. The number of esters is 2. The number of hydrogen-bond acceptors (Lipinski definition) is 6. The van der Waals surface area contributed by atoms with Crippen LogP contribution in [-0.2, 0) is 45.4 Å². The average molecular weight is 785 g/mol. The van der Waals surface area contributed by atoms with Crippen LogP contribution in [0, 0.1) is 11.3 Å². The molecule has 3 aromatic rings. The molecule has 0 bridgehead atoms. The summed E-state index contributed by atoms with van der Waals surface area (Å²) in [6.45, 7) is 5.44. The van der Waals surface area contributed by atoms with Crippen LogP contribution in [0.25, 0.3) is 0 Å². The number of benzene rings is 3. The normalized spacial score (nSPS) is 17.6. The smallest absolute Gasteiger partial charge is 0.416 e. The lowest BCUT2D eigenvalue weighted by atomic mass is 9.74. The molecule has 2 atom stereocenters. The summed E-state index contributed by atoms with van der Waals surface area (Å²) in [4.78, 5) is 41.1. The Morgan fingerprint density at radius 1 is 0.722 bits per heavy atom. The molecule has 0 aromatic heterocycles. The Morgan fingerprint density at radius 2 is 1.13 bits per heavy atom. The van der Waals surface area contributed by atoms with Crippen molar-refractivity contribution >= 4 is 17.8 Å². The summed E-state index contributed by atoms with van der Waals surface area (Å²) in [6.07, 6.45) is -24.5. The van der Waals surface area contributed by atoms with Crippen molar-refractivity contribution in [3.8, 4) is 6.07 Å². The van der Waals surface area contributed by atoms with Gasteiger partial charge < -0.3 is 14.8 Å². The lowest BCUT2D eigenvalue weighted by Gasteiger charge is -2.43. The molecular formula is C35H28F12N2O5. The van der Waals surface area contributed by atoms with Crippen molar-refractivity contribution in [2.45, 2.75) is 82.5 Å². The predicted molar refractivity (Wildman–Crippen MR) is 163 cm³/mol. The molecule has 0 heterocycles. The number of ether oxygens (including phenoxy) is 2. The zero-order valence-electron chi connectivity index (χ0n) is 28.3. The lowest BCUT2D eigenvalue weighted by molar-refractivity contribution is -0.170. The Labute approximate surface area is 298 Å². The average Bonchev–Trinajstić information content (AvgIpc) is 3.03. The van der Waals surface area contributed by atoms with Crippen molar-refractivity contribution in [1.82, 2.24) is 5.32 Å². The van der Waals surface area contributed by atoms with Gasteiger partial charge in [-0.25, -0.2) is 9.59 Å². The SMILES string of the molecule is CC#N.CC(C)(C)OC(=O)[C@@]1(NC(=O)c2cc(C(F)(F)F)cc(C(F)(F)F)c2)CCc2ccccc2[C@H]1OC(=O)c1cc(C(F)(F)F)cc(C(F)(F)F)c1. The number of amides is 1. The summed E-state index contributed by atoms with van der Waals surface area (Å²) in [6, 6.07) is 6.89. The van der Waals surface area contributed by atoms with Crippen LogP contribution in [-0.4, -0.2) is 29.0 Å². The highest BCUT2D eigenvalue weighted by molar-refractivity contribution is 5.99. The van der Waals surface area contributed by atoms with Gasteiger partial charge in [0.05, 0.1) is 33.9 Å². The number of hydrogen-bond donors (Lipinski definition) is 1. The highest BCUT2D eigenvalue weighted by Crippen LogP contribution is 2.44. The van der Waals surface area contributed by atoms with Crippen LogP contribution >= 0.6 is 0 Å². The molecule has 0 unspecified atom stereocenters. The van der Waals surface area contributed by atoms with E-state index in [4.69, 9.17) is 14.7 Å². The molecule has 3 aromatic carbocycles. The Morgan fingerprint density at radius 3 is 1.54 bits per heavy atom. The summed E-state index contributed by atoms with van der Waals surface area (Å²) in [5, 5.41) is 9.38. The molecule has 7 nitrogen and oxygen atoms in total.